The van der Waals surface area contributed by atoms with Crippen molar-refractivity contribution in [2.45, 2.75) is 51.9 Å². The van der Waals surface area contributed by atoms with E-state index in [-0.39, 0.29) is 0 Å². The molecular weight excluding hydrogens is 204 g/mol. The van der Waals surface area contributed by atoms with Crippen LogP contribution in [-0.4, -0.2) is 0 Å². The Hall–Kier alpha value is -1.04. The monoisotopic (exact) mass is 228 g/mol. The van der Waals surface area contributed by atoms with Gasteiger partial charge in [-0.2, -0.15) is 0 Å². The predicted molar refractivity (Wildman–Crippen MR) is 75.1 cm³/mol. The Morgan fingerprint density at radius 1 is 1.12 bits per heavy atom. The smallest absolute Gasteiger partial charge is 0.00699 e. The first-order chi connectivity index (χ1) is 8.34. The molecule has 0 nitrogen and oxygen atoms in total. The van der Waals surface area contributed by atoms with E-state index in [0.717, 1.165) is 12.3 Å². The molecule has 0 radical (unpaired) electrons. The molecule has 0 aliphatic heterocycles. The largest absolute Gasteiger partial charge is 0.0850 e. The van der Waals surface area contributed by atoms with E-state index in [1.54, 1.807) is 0 Å². The predicted octanol–water partition coefficient (Wildman–Crippen LogP) is 5.15. The summed E-state index contributed by atoms with van der Waals surface area (Å²) in [5.41, 5.74) is 2.96. The molecule has 1 aliphatic carbocycles. The van der Waals surface area contributed by atoms with Crippen molar-refractivity contribution in [2.75, 3.05) is 0 Å². The van der Waals surface area contributed by atoms with E-state index in [9.17, 15) is 0 Å². The third-order valence-corrected chi connectivity index (χ3v) is 3.85. The molecule has 0 unspecified atom stereocenters. The summed E-state index contributed by atoms with van der Waals surface area (Å²) in [5.74, 6) is 0.967. The molecule has 0 amide bonds. The zero-order valence-corrected chi connectivity index (χ0v) is 11.0. The van der Waals surface area contributed by atoms with Crippen molar-refractivity contribution in [2.24, 2.45) is 5.92 Å². The number of allylic oxidation sites excluding steroid dienone is 2. The highest BCUT2D eigenvalue weighted by molar-refractivity contribution is 5.20. The van der Waals surface area contributed by atoms with Gasteiger partial charge >= 0.3 is 0 Å². The summed E-state index contributed by atoms with van der Waals surface area (Å²) in [4.78, 5) is 0. The van der Waals surface area contributed by atoms with E-state index >= 15 is 0 Å². The molecule has 1 aromatic rings. The van der Waals surface area contributed by atoms with Gasteiger partial charge in [-0.1, -0.05) is 74.1 Å². The van der Waals surface area contributed by atoms with Crippen LogP contribution in [0.3, 0.4) is 0 Å². The second-order valence-corrected chi connectivity index (χ2v) is 5.45. The summed E-state index contributed by atoms with van der Waals surface area (Å²) in [6.45, 7) is 2.27. The van der Waals surface area contributed by atoms with Crippen LogP contribution in [0.1, 0.15) is 51.0 Å². The van der Waals surface area contributed by atoms with E-state index in [1.165, 1.54) is 49.7 Å². The molecular formula is C17H24. The molecule has 0 aromatic heterocycles. The van der Waals surface area contributed by atoms with Crippen molar-refractivity contribution in [3.8, 4) is 0 Å². The fraction of sp³-hybridized carbons (Fsp3) is 0.529. The van der Waals surface area contributed by atoms with Crippen molar-refractivity contribution in [3.63, 3.8) is 0 Å². The Labute approximate surface area is 106 Å². The van der Waals surface area contributed by atoms with Crippen molar-refractivity contribution in [1.29, 1.82) is 0 Å². The summed E-state index contributed by atoms with van der Waals surface area (Å²) < 4.78 is 0. The summed E-state index contributed by atoms with van der Waals surface area (Å²) in [6, 6.07) is 10.8. The second-order valence-electron chi connectivity index (χ2n) is 5.45. The maximum atomic E-state index is 2.48. The van der Waals surface area contributed by atoms with Gasteiger partial charge in [-0.25, -0.2) is 0 Å². The summed E-state index contributed by atoms with van der Waals surface area (Å²) in [5, 5.41) is 0. The maximum Gasteiger partial charge on any atom is -0.00699 e. The zero-order valence-electron chi connectivity index (χ0n) is 11.0. The molecule has 2 rings (SSSR count). The first kappa shape index (κ1) is 12.4. The third kappa shape index (κ3) is 4.38. The summed E-state index contributed by atoms with van der Waals surface area (Å²) in [7, 11) is 0. The van der Waals surface area contributed by atoms with E-state index in [4.69, 9.17) is 0 Å². The lowest BCUT2D eigenvalue weighted by molar-refractivity contribution is 0.361. The van der Waals surface area contributed by atoms with Gasteiger partial charge in [-0.3, -0.25) is 0 Å². The fourth-order valence-electron chi connectivity index (χ4n) is 2.78. The average Bonchev–Trinajstić information content (AvgIpc) is 2.39. The standard InChI is InChI=1S/C17H24/c1-15(14-17-10-6-3-7-11-17)12-13-16-8-4-2-5-9-16/h3,6-7,10-12,16H,2,4-5,8-9,13-14H2,1H3/b15-12-. The van der Waals surface area contributed by atoms with Crippen LogP contribution in [0.4, 0.5) is 0 Å². The van der Waals surface area contributed by atoms with Crippen LogP contribution >= 0.6 is 0 Å². The highest BCUT2D eigenvalue weighted by atomic mass is 14.2. The van der Waals surface area contributed by atoms with Gasteiger partial charge in [0.15, 0.2) is 0 Å². The van der Waals surface area contributed by atoms with Crippen LogP contribution in [0.25, 0.3) is 0 Å². The molecule has 0 bridgehead atoms. The van der Waals surface area contributed by atoms with Gasteiger partial charge < -0.3 is 0 Å². The molecule has 92 valence electrons. The lowest BCUT2D eigenvalue weighted by atomic mass is 9.86. The van der Waals surface area contributed by atoms with Gasteiger partial charge in [0.2, 0.25) is 0 Å². The van der Waals surface area contributed by atoms with E-state index in [0.29, 0.717) is 0 Å². The lowest BCUT2D eigenvalue weighted by Crippen LogP contribution is -2.05. The first-order valence-corrected chi connectivity index (χ1v) is 7.04. The van der Waals surface area contributed by atoms with Gasteiger partial charge in [0.25, 0.3) is 0 Å². The van der Waals surface area contributed by atoms with Crippen LogP contribution in [0.15, 0.2) is 42.0 Å². The minimum atomic E-state index is 0.967. The second kappa shape index (κ2) is 6.64. The highest BCUT2D eigenvalue weighted by Crippen LogP contribution is 2.27. The van der Waals surface area contributed by atoms with Gasteiger partial charge in [-0.05, 0) is 31.2 Å². The zero-order chi connectivity index (χ0) is 11.9. The first-order valence-electron chi connectivity index (χ1n) is 7.04. The number of hydrogen-bond donors (Lipinski definition) is 0. The molecule has 0 heteroatoms. The molecule has 0 spiro atoms. The molecule has 1 saturated carbocycles. The van der Waals surface area contributed by atoms with Crippen LogP contribution in [0, 0.1) is 5.92 Å². The highest BCUT2D eigenvalue weighted by Gasteiger charge is 2.11. The van der Waals surface area contributed by atoms with Gasteiger partial charge in [0, 0.05) is 0 Å². The molecule has 1 aliphatic rings. The van der Waals surface area contributed by atoms with Crippen molar-refractivity contribution >= 4 is 0 Å². The van der Waals surface area contributed by atoms with E-state index in [1.807, 2.05) is 0 Å². The van der Waals surface area contributed by atoms with Crippen LogP contribution in [-0.2, 0) is 6.42 Å². The SMILES string of the molecule is C/C(=C/CC1CCCCC1)Cc1ccccc1. The van der Waals surface area contributed by atoms with Gasteiger partial charge in [0.05, 0.1) is 0 Å². The molecule has 17 heavy (non-hydrogen) atoms. The maximum absolute atomic E-state index is 2.48. The molecule has 0 heterocycles. The van der Waals surface area contributed by atoms with Crippen molar-refractivity contribution in [3.05, 3.63) is 47.5 Å². The van der Waals surface area contributed by atoms with Crippen LogP contribution in [0.5, 0.6) is 0 Å². The molecule has 1 aromatic carbocycles. The van der Waals surface area contributed by atoms with Gasteiger partial charge in [-0.15, -0.1) is 0 Å². The Balaban J connectivity index is 1.80. The van der Waals surface area contributed by atoms with Crippen LogP contribution in [0.2, 0.25) is 0 Å². The topological polar surface area (TPSA) is 0 Å². The Bertz CT molecular complexity index is 342. The summed E-state index contributed by atoms with van der Waals surface area (Å²) in [6.07, 6.45) is 12.2. The fourth-order valence-corrected chi connectivity index (χ4v) is 2.78. The van der Waals surface area contributed by atoms with Gasteiger partial charge in [0.1, 0.15) is 0 Å². The average molecular weight is 228 g/mol. The molecule has 0 N–H and O–H groups in total. The normalized spacial score (nSPS) is 18.3. The number of hydrogen-bond acceptors (Lipinski definition) is 0. The molecule has 0 saturated heterocycles. The van der Waals surface area contributed by atoms with E-state index in [2.05, 4.69) is 43.3 Å². The minimum Gasteiger partial charge on any atom is -0.0850 e. The third-order valence-electron chi connectivity index (χ3n) is 3.85. The summed E-state index contributed by atoms with van der Waals surface area (Å²) >= 11 is 0. The Kier molecular flexibility index (Phi) is 4.85. The quantitative estimate of drug-likeness (QED) is 0.625. The Morgan fingerprint density at radius 3 is 2.53 bits per heavy atom. The van der Waals surface area contributed by atoms with Crippen molar-refractivity contribution in [1.82, 2.24) is 0 Å². The Morgan fingerprint density at radius 2 is 1.82 bits per heavy atom. The molecule has 0 atom stereocenters. The van der Waals surface area contributed by atoms with Crippen molar-refractivity contribution < 1.29 is 0 Å². The minimum absolute atomic E-state index is 0.967. The molecule has 1 fully saturated rings. The van der Waals surface area contributed by atoms with Crippen LogP contribution < -0.4 is 0 Å². The number of benzene rings is 1. The number of rotatable bonds is 4. The van der Waals surface area contributed by atoms with E-state index < -0.39 is 0 Å². The lowest BCUT2D eigenvalue weighted by Gasteiger charge is -2.20.